The minimum atomic E-state index is -2.36. The molecule has 2 aliphatic rings. The maximum absolute atomic E-state index is 14.4. The van der Waals surface area contributed by atoms with E-state index >= 15 is 0 Å². The van der Waals surface area contributed by atoms with Crippen LogP contribution in [0.25, 0.3) is 43.4 Å². The lowest BCUT2D eigenvalue weighted by molar-refractivity contribution is 0.0595. The second kappa shape index (κ2) is 11.9. The smallest absolute Gasteiger partial charge is 0.262 e. The van der Waals surface area contributed by atoms with Gasteiger partial charge in [0.25, 0.3) is 23.6 Å². The van der Waals surface area contributed by atoms with Crippen molar-refractivity contribution in [2.45, 2.75) is 12.8 Å². The number of nitrogens with zero attached hydrogens (tertiary/aromatic N) is 4. The van der Waals surface area contributed by atoms with Crippen molar-refractivity contribution in [3.05, 3.63) is 128 Å². The highest BCUT2D eigenvalue weighted by atomic mass is 19.2. The number of benzene rings is 5. The van der Waals surface area contributed by atoms with E-state index in [1.807, 2.05) is 0 Å². The number of imide groups is 2. The van der Waals surface area contributed by atoms with E-state index in [0.29, 0.717) is 20.6 Å². The van der Waals surface area contributed by atoms with Gasteiger partial charge in [-0.3, -0.25) is 38.9 Å². The molecule has 5 aromatic carbocycles. The lowest BCUT2D eigenvalue weighted by Gasteiger charge is -2.29. The Labute approximate surface area is 303 Å². The molecule has 4 heterocycles. The van der Waals surface area contributed by atoms with Gasteiger partial charge in [-0.05, 0) is 25.0 Å². The normalized spacial score (nSPS) is 14.2. The summed E-state index contributed by atoms with van der Waals surface area (Å²) in [5.41, 5.74) is -2.46. The summed E-state index contributed by atoms with van der Waals surface area (Å²) in [6.07, 6.45) is 0.412. The van der Waals surface area contributed by atoms with Crippen LogP contribution in [0.2, 0.25) is 0 Å². The van der Waals surface area contributed by atoms with Crippen LogP contribution in [0.1, 0.15) is 52.6 Å². The fourth-order valence-corrected chi connectivity index (χ4v) is 7.62. The summed E-state index contributed by atoms with van der Waals surface area (Å²) >= 11 is 0. The van der Waals surface area contributed by atoms with Crippen LogP contribution in [0.4, 0.5) is 43.9 Å². The maximum Gasteiger partial charge on any atom is 0.262 e. The number of carbonyl (C=O) groups is 4. The van der Waals surface area contributed by atoms with Gasteiger partial charge in [0, 0.05) is 80.1 Å². The number of carbonyl (C=O) groups excluding carboxylic acids is 4. The molecule has 4 amide bonds. The van der Waals surface area contributed by atoms with Crippen molar-refractivity contribution in [1.29, 1.82) is 0 Å². The Balaban J connectivity index is 1.12. The van der Waals surface area contributed by atoms with Crippen molar-refractivity contribution >= 4 is 67.0 Å². The molecule has 56 heavy (non-hydrogen) atoms. The van der Waals surface area contributed by atoms with Crippen molar-refractivity contribution in [3.8, 4) is 0 Å². The van der Waals surface area contributed by atoms with Crippen LogP contribution in [-0.2, 0) is 12.8 Å². The third kappa shape index (κ3) is 4.42. The van der Waals surface area contributed by atoms with Crippen LogP contribution < -0.4 is 0 Å². The Kier molecular flexibility index (Phi) is 7.43. The van der Waals surface area contributed by atoms with Crippen molar-refractivity contribution in [2.24, 2.45) is 0 Å². The first-order chi connectivity index (χ1) is 26.6. The molecule has 0 saturated heterocycles. The molecule has 0 spiro atoms. The monoisotopic (exact) mass is 780 g/mol. The molecule has 2 aromatic heterocycles. The second-order valence-corrected chi connectivity index (χ2v) is 13.0. The summed E-state index contributed by atoms with van der Waals surface area (Å²) in [6, 6.07) is 5.55. The first kappa shape index (κ1) is 35.0. The van der Waals surface area contributed by atoms with Crippen LogP contribution in [0.3, 0.4) is 0 Å². The van der Waals surface area contributed by atoms with Crippen molar-refractivity contribution in [2.75, 3.05) is 13.1 Å². The molecule has 0 unspecified atom stereocenters. The quantitative estimate of drug-likeness (QED) is 0.0431. The topological polar surface area (TPSA) is 101 Å². The molecule has 0 atom stereocenters. The summed E-state index contributed by atoms with van der Waals surface area (Å²) in [6.45, 7) is -1.54. The average molecular weight is 781 g/mol. The van der Waals surface area contributed by atoms with Gasteiger partial charge in [-0.15, -0.1) is 0 Å². The molecular weight excluding hydrogens is 766 g/mol. The van der Waals surface area contributed by atoms with Gasteiger partial charge in [0.2, 0.25) is 11.6 Å². The highest BCUT2D eigenvalue weighted by Gasteiger charge is 2.39. The van der Waals surface area contributed by atoms with Crippen LogP contribution >= 0.6 is 0 Å². The van der Waals surface area contributed by atoms with E-state index in [9.17, 15) is 63.1 Å². The van der Waals surface area contributed by atoms with Gasteiger partial charge in [-0.1, -0.05) is 12.1 Å². The Morgan fingerprint density at radius 2 is 0.696 bits per heavy atom. The van der Waals surface area contributed by atoms with Gasteiger partial charge < -0.3 is 0 Å². The zero-order valence-corrected chi connectivity index (χ0v) is 27.5. The summed E-state index contributed by atoms with van der Waals surface area (Å²) in [5.74, 6) is -25.7. The molecular formula is C38H14F10N4O4. The fourth-order valence-electron chi connectivity index (χ4n) is 7.62. The third-order valence-electron chi connectivity index (χ3n) is 10.3. The summed E-state index contributed by atoms with van der Waals surface area (Å²) < 4.78 is 140. The number of fused-ring (bicyclic) bond motifs is 2. The Morgan fingerprint density at radius 1 is 0.393 bits per heavy atom. The van der Waals surface area contributed by atoms with E-state index in [1.165, 1.54) is 24.3 Å². The predicted molar refractivity (Wildman–Crippen MR) is 174 cm³/mol. The Morgan fingerprint density at radius 3 is 1.04 bits per heavy atom. The van der Waals surface area contributed by atoms with E-state index < -0.39 is 119 Å². The molecule has 18 heteroatoms. The SMILES string of the molecule is O=C1c2ccc3c4ncc5c6c(ccc(c7ncc(c2c37)C(=O)N1CCc1c(F)c(F)c(F)c(F)c1F)c64)C(=O)N(CCc1c(F)c(F)c(F)c(F)c1F)C5=O. The molecule has 7 aromatic rings. The van der Waals surface area contributed by atoms with Crippen LogP contribution in [0, 0.1) is 58.2 Å². The molecule has 280 valence electrons. The summed E-state index contributed by atoms with van der Waals surface area (Å²) in [7, 11) is 0. The van der Waals surface area contributed by atoms with E-state index in [1.54, 1.807) is 0 Å². The molecule has 0 aliphatic carbocycles. The van der Waals surface area contributed by atoms with Crippen molar-refractivity contribution in [3.63, 3.8) is 0 Å². The number of rotatable bonds is 6. The highest BCUT2D eigenvalue weighted by molar-refractivity contribution is 6.39. The molecule has 9 rings (SSSR count). The van der Waals surface area contributed by atoms with E-state index in [-0.39, 0.29) is 54.8 Å². The van der Waals surface area contributed by atoms with Crippen LogP contribution in [0.5, 0.6) is 0 Å². The minimum Gasteiger partial charge on any atom is -0.274 e. The number of amides is 4. The highest BCUT2D eigenvalue weighted by Crippen LogP contribution is 2.45. The third-order valence-corrected chi connectivity index (χ3v) is 10.3. The van der Waals surface area contributed by atoms with Gasteiger partial charge in [0.1, 0.15) is 0 Å². The second-order valence-electron chi connectivity index (χ2n) is 13.0. The summed E-state index contributed by atoms with van der Waals surface area (Å²) in [5, 5.41) is 1.38. The maximum atomic E-state index is 14.4. The van der Waals surface area contributed by atoms with Gasteiger partial charge >= 0.3 is 0 Å². The largest absolute Gasteiger partial charge is 0.274 e. The van der Waals surface area contributed by atoms with E-state index in [0.717, 1.165) is 12.4 Å². The lowest BCUT2D eigenvalue weighted by atomic mass is 9.86. The van der Waals surface area contributed by atoms with Crippen LogP contribution in [0.15, 0.2) is 36.7 Å². The molecule has 2 aliphatic heterocycles. The minimum absolute atomic E-state index is 0.0664. The number of pyridine rings is 2. The molecule has 0 N–H and O–H groups in total. The zero-order chi connectivity index (χ0) is 39.8. The first-order valence-corrected chi connectivity index (χ1v) is 16.3. The van der Waals surface area contributed by atoms with E-state index in [4.69, 9.17) is 0 Å². The molecule has 0 saturated carbocycles. The molecule has 8 nitrogen and oxygen atoms in total. The first-order valence-electron chi connectivity index (χ1n) is 16.3. The Hall–Kier alpha value is -6.72. The Bertz CT molecular complexity index is 2660. The number of hydrogen-bond acceptors (Lipinski definition) is 6. The summed E-state index contributed by atoms with van der Waals surface area (Å²) in [4.78, 5) is 65.0. The number of halogens is 10. The van der Waals surface area contributed by atoms with E-state index in [2.05, 4.69) is 9.97 Å². The van der Waals surface area contributed by atoms with Crippen molar-refractivity contribution in [1.82, 2.24) is 19.8 Å². The lowest BCUT2D eigenvalue weighted by Crippen LogP contribution is -2.42. The number of aromatic nitrogens is 2. The standard InChI is InChI=1S/C38H14F10N4O4/c39-23-15(24(40)28(44)31(47)27(23)43)5-7-51-35(53)13-3-1-11-21-19(13)17(37(51)55)10-50-34(21)12-2-4-14-20-18(9-49-33(11)22(12)20)38(56)52(36(14)54)8-6-16-25(41)29(45)32(48)30(46)26(16)42/h1-4,9-10H,5-8H2. The molecule has 0 fully saturated rings. The molecule has 0 bridgehead atoms. The zero-order valence-electron chi connectivity index (χ0n) is 27.5. The average Bonchev–Trinajstić information content (AvgIpc) is 3.20. The van der Waals surface area contributed by atoms with Gasteiger partial charge in [0.15, 0.2) is 46.5 Å². The predicted octanol–water partition coefficient (Wildman–Crippen LogP) is 7.60. The van der Waals surface area contributed by atoms with Gasteiger partial charge in [0.05, 0.1) is 22.2 Å². The fraction of sp³-hybridized carbons (Fsp3) is 0.105. The van der Waals surface area contributed by atoms with Crippen molar-refractivity contribution < 1.29 is 63.1 Å². The van der Waals surface area contributed by atoms with Gasteiger partial charge in [-0.25, -0.2) is 43.9 Å². The number of hydrogen-bond donors (Lipinski definition) is 0. The molecule has 0 radical (unpaired) electrons. The van der Waals surface area contributed by atoms with Crippen LogP contribution in [-0.4, -0.2) is 56.5 Å². The van der Waals surface area contributed by atoms with Gasteiger partial charge in [-0.2, -0.15) is 0 Å².